The molecule has 0 spiro atoms. The third-order valence-electron chi connectivity index (χ3n) is 3.72. The van der Waals surface area contributed by atoms with Gasteiger partial charge in [0.05, 0.1) is 24.3 Å². The van der Waals surface area contributed by atoms with Gasteiger partial charge in [0.1, 0.15) is 0 Å². The predicted octanol–water partition coefficient (Wildman–Crippen LogP) is 2.40. The summed E-state index contributed by atoms with van der Waals surface area (Å²) in [5.74, 6) is 2.69. The molecule has 2 aliphatic carbocycles. The van der Waals surface area contributed by atoms with Crippen molar-refractivity contribution in [3.05, 3.63) is 57.7 Å². The molecular weight excluding hydrogens is 300 g/mol. The molecule has 0 bridgehead atoms. The van der Waals surface area contributed by atoms with Crippen molar-refractivity contribution in [2.45, 2.75) is 0 Å². The standard InChI is InChI=1S/C18H8N6/c19-5-11-1-13(7-21)17(14(2-11)8-22)18-15(9-23)3-12(6-20)4-16(18)10-24/h1-4,17-20H. The van der Waals surface area contributed by atoms with E-state index in [1.165, 1.54) is 24.3 Å². The Labute approximate surface area is 138 Å². The Hall–Kier alpha value is -4.18. The first-order valence-electron chi connectivity index (χ1n) is 6.69. The zero-order valence-corrected chi connectivity index (χ0v) is 12.3. The number of allylic oxidation sites excluding steroid dienone is 10. The fourth-order valence-corrected chi connectivity index (χ4v) is 2.72. The molecule has 0 aromatic heterocycles. The van der Waals surface area contributed by atoms with Crippen LogP contribution >= 0.6 is 0 Å². The number of nitrogens with one attached hydrogen (secondary N) is 2. The maximum Gasteiger partial charge on any atom is 0.0954 e. The Balaban J connectivity index is 2.73. The van der Waals surface area contributed by atoms with Gasteiger partial charge in [-0.25, -0.2) is 0 Å². The zero-order valence-electron chi connectivity index (χ0n) is 12.3. The van der Waals surface area contributed by atoms with Gasteiger partial charge in [0.25, 0.3) is 0 Å². The van der Waals surface area contributed by atoms with Crippen LogP contribution in [0.15, 0.2) is 57.7 Å². The summed E-state index contributed by atoms with van der Waals surface area (Å²) in [7, 11) is 0. The Bertz CT molecular complexity index is 855. The third-order valence-corrected chi connectivity index (χ3v) is 3.72. The third kappa shape index (κ3) is 2.63. The van der Waals surface area contributed by atoms with Gasteiger partial charge in [-0.1, -0.05) is 0 Å². The van der Waals surface area contributed by atoms with E-state index in [1.54, 1.807) is 0 Å². The number of hydrogen-bond donors (Lipinski definition) is 2. The van der Waals surface area contributed by atoms with E-state index in [0.29, 0.717) is 0 Å². The van der Waals surface area contributed by atoms with Gasteiger partial charge in [0.2, 0.25) is 0 Å². The first-order valence-corrected chi connectivity index (χ1v) is 6.69. The molecule has 0 heterocycles. The molecule has 2 rings (SSSR count). The molecule has 0 fully saturated rings. The summed E-state index contributed by atoms with van der Waals surface area (Å²) in [6, 6.07) is 7.95. The van der Waals surface area contributed by atoms with Crippen molar-refractivity contribution < 1.29 is 0 Å². The van der Waals surface area contributed by atoms with Crippen LogP contribution in [0.25, 0.3) is 0 Å². The molecule has 0 radical (unpaired) electrons. The second kappa shape index (κ2) is 6.72. The summed E-state index contributed by atoms with van der Waals surface area (Å²) in [5, 5.41) is 52.1. The van der Waals surface area contributed by atoms with Crippen LogP contribution in [0.4, 0.5) is 0 Å². The minimum Gasteiger partial charge on any atom is -0.258 e. The van der Waals surface area contributed by atoms with Crippen molar-refractivity contribution in [1.82, 2.24) is 0 Å². The highest BCUT2D eigenvalue weighted by atomic mass is 14.4. The lowest BCUT2D eigenvalue weighted by molar-refractivity contribution is 0.589. The Morgan fingerprint density at radius 2 is 0.833 bits per heavy atom. The largest absolute Gasteiger partial charge is 0.258 e. The molecule has 2 N–H and O–H groups in total. The lowest BCUT2D eigenvalue weighted by Gasteiger charge is -2.29. The van der Waals surface area contributed by atoms with E-state index in [1.807, 2.05) is 24.3 Å². The minimum atomic E-state index is -0.791. The van der Waals surface area contributed by atoms with Gasteiger partial charge in [0.15, 0.2) is 0 Å². The lowest BCUT2D eigenvalue weighted by Crippen LogP contribution is -2.25. The molecule has 0 saturated heterocycles. The summed E-state index contributed by atoms with van der Waals surface area (Å²) in [5.41, 5.74) is 1.27. The van der Waals surface area contributed by atoms with Crippen LogP contribution in [0.1, 0.15) is 0 Å². The molecule has 0 amide bonds. The summed E-state index contributed by atoms with van der Waals surface area (Å²) < 4.78 is 0. The molecule has 0 saturated carbocycles. The summed E-state index contributed by atoms with van der Waals surface area (Å²) >= 11 is 0. The predicted molar refractivity (Wildman–Crippen MR) is 84.2 cm³/mol. The number of nitrogens with zero attached hydrogens (tertiary/aromatic N) is 4. The van der Waals surface area contributed by atoms with Crippen molar-refractivity contribution >= 4 is 11.7 Å². The van der Waals surface area contributed by atoms with Crippen LogP contribution in [0, 0.1) is 68.0 Å². The van der Waals surface area contributed by atoms with Crippen LogP contribution in [-0.2, 0) is 0 Å². The highest BCUT2D eigenvalue weighted by molar-refractivity contribution is 5.72. The SMILES string of the molecule is N#CC1=CC(=C=N)C=C(C#N)C1C1C(C#N)=CC(=C=N)C=C1C#N. The molecule has 0 aliphatic heterocycles. The fourth-order valence-electron chi connectivity index (χ4n) is 2.72. The number of hydrogen-bond acceptors (Lipinski definition) is 6. The molecule has 0 unspecified atom stereocenters. The highest BCUT2D eigenvalue weighted by Gasteiger charge is 2.38. The van der Waals surface area contributed by atoms with Crippen LogP contribution < -0.4 is 0 Å². The monoisotopic (exact) mass is 308 g/mol. The van der Waals surface area contributed by atoms with Gasteiger partial charge in [-0.2, -0.15) is 21.0 Å². The lowest BCUT2D eigenvalue weighted by atomic mass is 9.69. The van der Waals surface area contributed by atoms with E-state index in [0.717, 1.165) is 0 Å². The number of rotatable bonds is 1. The maximum absolute atomic E-state index is 9.43. The van der Waals surface area contributed by atoms with E-state index in [2.05, 4.69) is 11.7 Å². The van der Waals surface area contributed by atoms with E-state index < -0.39 is 11.8 Å². The molecule has 6 heteroatoms. The second-order valence-corrected chi connectivity index (χ2v) is 4.96. The molecule has 110 valence electrons. The van der Waals surface area contributed by atoms with Gasteiger partial charge < -0.3 is 0 Å². The maximum atomic E-state index is 9.43. The first-order chi connectivity index (χ1) is 11.6. The molecular formula is C18H8N6. The summed E-state index contributed by atoms with van der Waals surface area (Å²) in [6.45, 7) is 0. The smallest absolute Gasteiger partial charge is 0.0954 e. The topological polar surface area (TPSA) is 143 Å². The van der Waals surface area contributed by atoms with Crippen molar-refractivity contribution in [3.63, 3.8) is 0 Å². The van der Waals surface area contributed by atoms with E-state index >= 15 is 0 Å². The summed E-state index contributed by atoms with van der Waals surface area (Å²) in [6.07, 6.45) is 5.68. The molecule has 0 atom stereocenters. The van der Waals surface area contributed by atoms with Gasteiger partial charge in [-0.05, 0) is 36.0 Å². The van der Waals surface area contributed by atoms with Gasteiger partial charge in [0, 0.05) is 45.3 Å². The van der Waals surface area contributed by atoms with Crippen LogP contribution in [0.5, 0.6) is 0 Å². The first kappa shape index (κ1) is 16.2. The van der Waals surface area contributed by atoms with Gasteiger partial charge in [-0.15, -0.1) is 0 Å². The molecule has 0 aromatic carbocycles. The van der Waals surface area contributed by atoms with Gasteiger partial charge in [-0.3, -0.25) is 10.8 Å². The zero-order chi connectivity index (χ0) is 17.7. The van der Waals surface area contributed by atoms with Crippen LogP contribution in [-0.4, -0.2) is 11.7 Å². The molecule has 2 aliphatic rings. The Morgan fingerprint density at radius 3 is 1.00 bits per heavy atom. The van der Waals surface area contributed by atoms with Crippen molar-refractivity contribution in [3.8, 4) is 24.3 Å². The average molecular weight is 308 g/mol. The number of nitriles is 4. The van der Waals surface area contributed by atoms with E-state index in [-0.39, 0.29) is 33.4 Å². The fraction of sp³-hybridized carbons (Fsp3) is 0.111. The van der Waals surface area contributed by atoms with Gasteiger partial charge >= 0.3 is 0 Å². The molecule has 6 nitrogen and oxygen atoms in total. The Morgan fingerprint density at radius 1 is 0.583 bits per heavy atom. The van der Waals surface area contributed by atoms with E-state index in [4.69, 9.17) is 10.8 Å². The second-order valence-electron chi connectivity index (χ2n) is 4.96. The van der Waals surface area contributed by atoms with E-state index in [9.17, 15) is 21.0 Å². The highest BCUT2D eigenvalue weighted by Crippen LogP contribution is 2.42. The van der Waals surface area contributed by atoms with Crippen LogP contribution in [0.2, 0.25) is 0 Å². The Kier molecular flexibility index (Phi) is 4.54. The molecule has 0 aromatic rings. The minimum absolute atomic E-state index is 0.179. The normalized spacial score (nSPS) is 22.0. The van der Waals surface area contributed by atoms with Crippen LogP contribution in [0.3, 0.4) is 0 Å². The van der Waals surface area contributed by atoms with Crippen molar-refractivity contribution in [1.29, 1.82) is 31.9 Å². The van der Waals surface area contributed by atoms with Crippen molar-refractivity contribution in [2.24, 2.45) is 11.8 Å². The quantitative estimate of drug-likeness (QED) is 0.716. The molecule has 24 heavy (non-hydrogen) atoms. The average Bonchev–Trinajstić information content (AvgIpc) is 2.65. The van der Waals surface area contributed by atoms with Crippen molar-refractivity contribution in [2.75, 3.05) is 0 Å². The summed E-state index contributed by atoms with van der Waals surface area (Å²) in [4.78, 5) is 0.